The van der Waals surface area contributed by atoms with Crippen LogP contribution in [0.1, 0.15) is 38.5 Å². The largest absolute Gasteiger partial charge is 0.390 e. The molecule has 4 aliphatic carbocycles. The molecule has 0 aromatic heterocycles. The highest BCUT2D eigenvalue weighted by Crippen LogP contribution is 2.63. The summed E-state index contributed by atoms with van der Waals surface area (Å²) in [6, 6.07) is 0. The van der Waals surface area contributed by atoms with Crippen molar-refractivity contribution in [1.29, 1.82) is 0 Å². The van der Waals surface area contributed by atoms with Gasteiger partial charge in [0.1, 0.15) is 0 Å². The molecule has 0 aliphatic heterocycles. The lowest BCUT2D eigenvalue weighted by atomic mass is 9.50. The molecule has 4 aliphatic rings. The Labute approximate surface area is 91.3 Å². The average molecular weight is 263 g/mol. The van der Waals surface area contributed by atoms with Crippen LogP contribution in [0, 0.1) is 0 Å². The third-order valence-electron chi connectivity index (χ3n) is 3.91. The van der Waals surface area contributed by atoms with Crippen LogP contribution in [0.25, 0.3) is 0 Å². The molecule has 3 nitrogen and oxygen atoms in total. The van der Waals surface area contributed by atoms with E-state index in [1.54, 1.807) is 0 Å². The van der Waals surface area contributed by atoms with E-state index in [4.69, 9.17) is 0 Å². The van der Waals surface area contributed by atoms with Gasteiger partial charge in [0.2, 0.25) is 0 Å². The van der Waals surface area contributed by atoms with Crippen molar-refractivity contribution < 1.29 is 15.3 Å². The van der Waals surface area contributed by atoms with Gasteiger partial charge >= 0.3 is 0 Å². The fourth-order valence-corrected chi connectivity index (χ4v) is 5.92. The monoisotopic (exact) mass is 262 g/mol. The quantitative estimate of drug-likeness (QED) is 0.564. The van der Waals surface area contributed by atoms with E-state index < -0.39 is 16.8 Å². The second-order valence-electron chi connectivity index (χ2n) is 5.88. The summed E-state index contributed by atoms with van der Waals surface area (Å²) in [5, 5.41) is 30.7. The Balaban J connectivity index is 2.08. The lowest BCUT2D eigenvalue weighted by Gasteiger charge is -2.64. The first-order valence-corrected chi connectivity index (χ1v) is 5.90. The molecule has 4 rings (SSSR count). The molecule has 0 amide bonds. The van der Waals surface area contributed by atoms with Crippen molar-refractivity contribution in [3.63, 3.8) is 0 Å². The topological polar surface area (TPSA) is 60.7 Å². The minimum Gasteiger partial charge on any atom is -0.390 e. The van der Waals surface area contributed by atoms with Crippen molar-refractivity contribution in [2.45, 2.75) is 59.7 Å². The van der Waals surface area contributed by atoms with Crippen LogP contribution in [0.5, 0.6) is 0 Å². The summed E-state index contributed by atoms with van der Waals surface area (Å²) in [5.74, 6) is 0. The van der Waals surface area contributed by atoms with Crippen molar-refractivity contribution in [1.82, 2.24) is 0 Å². The van der Waals surface area contributed by atoms with Crippen molar-refractivity contribution >= 4 is 15.9 Å². The van der Waals surface area contributed by atoms with Crippen LogP contribution >= 0.6 is 15.9 Å². The maximum Gasteiger partial charge on any atom is 0.0715 e. The number of aliphatic hydroxyl groups is 3. The van der Waals surface area contributed by atoms with Gasteiger partial charge in [-0.1, -0.05) is 15.9 Å². The Kier molecular flexibility index (Phi) is 1.51. The number of halogens is 1. The molecule has 0 radical (unpaired) electrons. The van der Waals surface area contributed by atoms with Crippen LogP contribution in [-0.2, 0) is 0 Å². The minimum absolute atomic E-state index is 0.250. The molecule has 0 saturated heterocycles. The van der Waals surface area contributed by atoms with Gasteiger partial charge in [-0.3, -0.25) is 0 Å². The van der Waals surface area contributed by atoms with Gasteiger partial charge in [-0.25, -0.2) is 0 Å². The van der Waals surface area contributed by atoms with E-state index >= 15 is 0 Å². The summed E-state index contributed by atoms with van der Waals surface area (Å²) in [5.41, 5.74) is -2.58. The molecular weight excluding hydrogens is 248 g/mol. The normalized spacial score (nSPS) is 66.0. The molecule has 0 spiro atoms. The lowest BCUT2D eigenvalue weighted by Crippen LogP contribution is -2.70. The van der Waals surface area contributed by atoms with Gasteiger partial charge in [0.15, 0.2) is 0 Å². The van der Waals surface area contributed by atoms with Gasteiger partial charge in [-0.05, 0) is 19.3 Å². The molecule has 4 saturated carbocycles. The van der Waals surface area contributed by atoms with Gasteiger partial charge in [0.05, 0.1) is 16.8 Å². The molecular formula is C10H15BrO3. The molecule has 4 heteroatoms. The van der Waals surface area contributed by atoms with Crippen molar-refractivity contribution in [2.24, 2.45) is 0 Å². The SMILES string of the molecule is OC12CC3(O)CC(O)(C1)CC(Br)(C2)C3. The first-order valence-electron chi connectivity index (χ1n) is 5.10. The molecule has 4 fully saturated rings. The Hall–Kier alpha value is 0.360. The third kappa shape index (κ3) is 1.21. The Morgan fingerprint density at radius 1 is 0.643 bits per heavy atom. The van der Waals surface area contributed by atoms with E-state index in [-0.39, 0.29) is 4.32 Å². The van der Waals surface area contributed by atoms with Crippen LogP contribution in [-0.4, -0.2) is 36.4 Å². The van der Waals surface area contributed by atoms with Crippen molar-refractivity contribution in [3.8, 4) is 0 Å². The molecule has 4 bridgehead atoms. The minimum atomic E-state index is -0.859. The van der Waals surface area contributed by atoms with Gasteiger partial charge < -0.3 is 15.3 Å². The third-order valence-corrected chi connectivity index (χ3v) is 4.75. The first kappa shape index (κ1) is 9.58. The van der Waals surface area contributed by atoms with E-state index in [2.05, 4.69) is 15.9 Å². The molecule has 14 heavy (non-hydrogen) atoms. The van der Waals surface area contributed by atoms with Gasteiger partial charge in [-0.2, -0.15) is 0 Å². The molecule has 0 aromatic rings. The molecule has 0 heterocycles. The van der Waals surface area contributed by atoms with E-state index in [0.717, 1.165) is 0 Å². The van der Waals surface area contributed by atoms with Crippen LogP contribution in [0.4, 0.5) is 0 Å². The zero-order valence-corrected chi connectivity index (χ0v) is 9.55. The Bertz CT molecular complexity index is 208. The maximum atomic E-state index is 10.2. The number of hydrogen-bond donors (Lipinski definition) is 3. The van der Waals surface area contributed by atoms with Crippen LogP contribution in [0.2, 0.25) is 0 Å². The number of alkyl halides is 1. The zero-order chi connectivity index (χ0) is 10.2. The van der Waals surface area contributed by atoms with E-state index in [1.165, 1.54) is 0 Å². The van der Waals surface area contributed by atoms with E-state index in [1.807, 2.05) is 0 Å². The summed E-state index contributed by atoms with van der Waals surface area (Å²) >= 11 is 3.58. The van der Waals surface area contributed by atoms with Crippen molar-refractivity contribution in [3.05, 3.63) is 0 Å². The first-order chi connectivity index (χ1) is 6.24. The number of hydrogen-bond acceptors (Lipinski definition) is 3. The fourth-order valence-electron chi connectivity index (χ4n) is 4.36. The highest BCUT2D eigenvalue weighted by molar-refractivity contribution is 9.10. The summed E-state index contributed by atoms with van der Waals surface area (Å²) in [6.07, 6.45) is 3.25. The second-order valence-corrected chi connectivity index (χ2v) is 7.57. The molecule has 3 N–H and O–H groups in total. The smallest absolute Gasteiger partial charge is 0.0715 e. The lowest BCUT2D eigenvalue weighted by molar-refractivity contribution is -0.243. The predicted octanol–water partition coefficient (Wildman–Crippen LogP) is 0.695. The Morgan fingerprint density at radius 2 is 0.929 bits per heavy atom. The fraction of sp³-hybridized carbons (Fsp3) is 1.00. The highest BCUT2D eigenvalue weighted by Gasteiger charge is 2.67. The summed E-state index contributed by atoms with van der Waals surface area (Å²) in [6.45, 7) is 0. The van der Waals surface area contributed by atoms with E-state index in [9.17, 15) is 15.3 Å². The second kappa shape index (κ2) is 2.21. The summed E-state index contributed by atoms with van der Waals surface area (Å²) in [4.78, 5) is 0. The Morgan fingerprint density at radius 3 is 1.14 bits per heavy atom. The van der Waals surface area contributed by atoms with Crippen molar-refractivity contribution in [2.75, 3.05) is 0 Å². The average Bonchev–Trinajstić information content (AvgIpc) is 1.67. The molecule has 0 aromatic carbocycles. The molecule has 80 valence electrons. The van der Waals surface area contributed by atoms with Crippen LogP contribution < -0.4 is 0 Å². The van der Waals surface area contributed by atoms with Gasteiger partial charge in [0.25, 0.3) is 0 Å². The van der Waals surface area contributed by atoms with Gasteiger partial charge in [-0.15, -0.1) is 0 Å². The highest BCUT2D eigenvalue weighted by atomic mass is 79.9. The van der Waals surface area contributed by atoms with Gasteiger partial charge in [0, 0.05) is 23.6 Å². The molecule has 0 unspecified atom stereocenters. The molecule has 0 atom stereocenters. The maximum absolute atomic E-state index is 10.2. The van der Waals surface area contributed by atoms with Crippen LogP contribution in [0.15, 0.2) is 0 Å². The van der Waals surface area contributed by atoms with Crippen LogP contribution in [0.3, 0.4) is 0 Å². The summed E-state index contributed by atoms with van der Waals surface area (Å²) < 4.78 is -0.250. The number of rotatable bonds is 0. The zero-order valence-electron chi connectivity index (χ0n) is 7.96. The predicted molar refractivity (Wildman–Crippen MR) is 54.2 cm³/mol. The standard InChI is InChI=1S/C10H15BrO3/c11-7-1-8(12)4-9(13,2-7)6-10(14,3-7)5-8/h12-14H,1-6H2. The van der Waals surface area contributed by atoms with E-state index in [0.29, 0.717) is 38.5 Å². The summed E-state index contributed by atoms with van der Waals surface area (Å²) in [7, 11) is 0.